The summed E-state index contributed by atoms with van der Waals surface area (Å²) in [6.07, 6.45) is 13.4. The van der Waals surface area contributed by atoms with Crippen molar-refractivity contribution in [2.75, 3.05) is 29.5 Å². The van der Waals surface area contributed by atoms with Gasteiger partial charge in [0.15, 0.2) is 0 Å². The summed E-state index contributed by atoms with van der Waals surface area (Å²) in [5, 5.41) is 3.43. The normalized spacial score (nSPS) is 37.9. The molecule has 3 aliphatic heterocycles. The average Bonchev–Trinajstić information content (AvgIpc) is 2.81. The van der Waals surface area contributed by atoms with Crippen LogP contribution in [0.1, 0.15) is 71.1 Å². The number of benzene rings is 1. The maximum absolute atomic E-state index is 11.3. The molecule has 1 aromatic rings. The van der Waals surface area contributed by atoms with Crippen LogP contribution in [0.15, 0.2) is 29.3 Å². The molecule has 7 nitrogen and oxygen atoms in total. The molecule has 0 radical (unpaired) electrons. The van der Waals surface area contributed by atoms with Crippen LogP contribution in [0.3, 0.4) is 0 Å². The molecule has 2 saturated carbocycles. The number of para-hydroxylation sites is 2. The van der Waals surface area contributed by atoms with E-state index >= 15 is 0 Å². The van der Waals surface area contributed by atoms with Crippen LogP contribution in [0.4, 0.5) is 11.4 Å². The lowest BCUT2D eigenvalue weighted by Crippen LogP contribution is -2.62. The van der Waals surface area contributed by atoms with E-state index in [2.05, 4.69) is 45.2 Å². The Balaban J connectivity index is 1.20. The number of aliphatic imine (C=N–C) groups is 1. The lowest BCUT2D eigenvalue weighted by molar-refractivity contribution is -0.0451. The van der Waals surface area contributed by atoms with Crippen LogP contribution in [0.5, 0.6) is 0 Å². The van der Waals surface area contributed by atoms with E-state index in [-0.39, 0.29) is 12.7 Å². The Morgan fingerprint density at radius 2 is 1.64 bits per heavy atom. The quantitative estimate of drug-likeness (QED) is 0.474. The Hall–Kier alpha value is -1.40. The van der Waals surface area contributed by atoms with Gasteiger partial charge in [-0.25, -0.2) is 0 Å². The Bertz CT molecular complexity index is 996. The Labute approximate surface area is 215 Å². The molecule has 4 bridgehead atoms. The molecule has 1 aromatic carbocycles. The van der Waals surface area contributed by atoms with Crippen LogP contribution in [-0.2, 0) is 4.57 Å². The molecule has 2 saturated heterocycles. The minimum absolute atomic E-state index is 0.148. The SMILES string of the molecule is CC1C[C@@H]2CC(N3[C@@H]4CCC[C@H]3CC(N3CC(=NCCP(=O)(O)O)Nc5ccccc53)C4)C[C@H](C1)C2. The van der Waals surface area contributed by atoms with Gasteiger partial charge < -0.3 is 20.0 Å². The molecule has 3 heterocycles. The number of amidine groups is 1. The fourth-order valence-electron chi connectivity index (χ4n) is 8.63. The summed E-state index contributed by atoms with van der Waals surface area (Å²) in [6, 6.07) is 11.1. The highest BCUT2D eigenvalue weighted by Crippen LogP contribution is 2.48. The fourth-order valence-corrected chi connectivity index (χ4v) is 8.99. The van der Waals surface area contributed by atoms with Gasteiger partial charge in [0.2, 0.25) is 0 Å². The molecule has 5 aliphatic rings. The first-order chi connectivity index (χ1) is 17.3. The molecule has 4 fully saturated rings. The minimum Gasteiger partial charge on any atom is -0.359 e. The molecular weight excluding hydrogens is 471 g/mol. The van der Waals surface area contributed by atoms with Crippen molar-refractivity contribution in [3.63, 3.8) is 0 Å². The van der Waals surface area contributed by atoms with E-state index in [1.165, 1.54) is 69.9 Å². The third-order valence-corrected chi connectivity index (χ3v) is 10.5. The largest absolute Gasteiger partial charge is 0.359 e. The lowest BCUT2D eigenvalue weighted by atomic mass is 9.65. The molecule has 6 rings (SSSR count). The Morgan fingerprint density at radius 1 is 0.944 bits per heavy atom. The highest BCUT2D eigenvalue weighted by molar-refractivity contribution is 7.51. The lowest BCUT2D eigenvalue weighted by Gasteiger charge is -2.57. The summed E-state index contributed by atoms with van der Waals surface area (Å²) in [5.74, 6) is 3.64. The third kappa shape index (κ3) is 5.27. The third-order valence-electron chi connectivity index (χ3n) is 9.72. The van der Waals surface area contributed by atoms with Gasteiger partial charge in [-0.1, -0.05) is 25.5 Å². The van der Waals surface area contributed by atoms with Crippen molar-refractivity contribution in [1.29, 1.82) is 0 Å². The fraction of sp³-hybridized carbons (Fsp3) is 0.750. The molecule has 0 spiro atoms. The van der Waals surface area contributed by atoms with Crippen molar-refractivity contribution in [1.82, 2.24) is 4.90 Å². The molecule has 8 heteroatoms. The van der Waals surface area contributed by atoms with Crippen LogP contribution in [0.2, 0.25) is 0 Å². The molecular formula is C28H43N4O3P. The summed E-state index contributed by atoms with van der Waals surface area (Å²) in [7, 11) is -4.04. The highest BCUT2D eigenvalue weighted by Gasteiger charge is 2.46. The van der Waals surface area contributed by atoms with Crippen LogP contribution < -0.4 is 10.2 Å². The summed E-state index contributed by atoms with van der Waals surface area (Å²) in [5.41, 5.74) is 2.30. The zero-order valence-electron chi connectivity index (χ0n) is 21.6. The van der Waals surface area contributed by atoms with Crippen molar-refractivity contribution in [2.24, 2.45) is 22.7 Å². The van der Waals surface area contributed by atoms with Crippen molar-refractivity contribution in [3.8, 4) is 0 Å². The van der Waals surface area contributed by atoms with Crippen LogP contribution >= 0.6 is 7.60 Å². The summed E-state index contributed by atoms with van der Waals surface area (Å²) in [6.45, 7) is 3.30. The Morgan fingerprint density at radius 3 is 2.33 bits per heavy atom. The molecule has 7 atom stereocenters. The number of anilines is 2. The predicted octanol–water partition coefficient (Wildman–Crippen LogP) is 5.10. The van der Waals surface area contributed by atoms with E-state index in [9.17, 15) is 14.4 Å². The van der Waals surface area contributed by atoms with E-state index in [4.69, 9.17) is 0 Å². The molecule has 198 valence electrons. The second kappa shape index (κ2) is 10.1. The number of piperidine rings is 2. The molecule has 3 unspecified atom stereocenters. The first-order valence-corrected chi connectivity index (χ1v) is 16.1. The molecule has 0 aromatic heterocycles. The van der Waals surface area contributed by atoms with Gasteiger partial charge in [-0.05, 0) is 87.7 Å². The maximum atomic E-state index is 11.3. The topological polar surface area (TPSA) is 88.4 Å². The summed E-state index contributed by atoms with van der Waals surface area (Å²) < 4.78 is 11.3. The first-order valence-electron chi connectivity index (χ1n) is 14.3. The Kier molecular flexibility index (Phi) is 6.96. The van der Waals surface area contributed by atoms with Crippen molar-refractivity contribution in [3.05, 3.63) is 24.3 Å². The number of nitrogens with one attached hydrogen (secondary N) is 1. The van der Waals surface area contributed by atoms with Gasteiger partial charge in [-0.15, -0.1) is 0 Å². The standard InChI is InChI=1S/C28H43N4O3P/c1-19-11-20-13-21(12-19)15-25(14-20)32-22-5-4-6-23(32)17-24(16-22)31-18-28(29-9-10-36(33,34)35)30-26-7-2-3-8-27(26)31/h2-3,7-8,19-25H,4-6,9-18H2,1H3,(H,29,30)(H2,33,34,35)/t19?,20-,21+,22-,23+,24?,25?. The summed E-state index contributed by atoms with van der Waals surface area (Å²) >= 11 is 0. The number of hydrogen-bond acceptors (Lipinski definition) is 4. The van der Waals surface area contributed by atoms with Crippen molar-refractivity contribution < 1.29 is 14.4 Å². The minimum atomic E-state index is -4.04. The van der Waals surface area contributed by atoms with Crippen molar-refractivity contribution in [2.45, 2.75) is 95.3 Å². The average molecular weight is 515 g/mol. The predicted molar refractivity (Wildman–Crippen MR) is 146 cm³/mol. The molecule has 2 aliphatic carbocycles. The zero-order valence-corrected chi connectivity index (χ0v) is 22.5. The van der Waals surface area contributed by atoms with E-state index in [0.29, 0.717) is 24.7 Å². The first kappa shape index (κ1) is 24.9. The monoisotopic (exact) mass is 514 g/mol. The second-order valence-electron chi connectivity index (χ2n) is 12.5. The van der Waals surface area contributed by atoms with Gasteiger partial charge >= 0.3 is 7.60 Å². The molecule has 3 N–H and O–H groups in total. The van der Waals surface area contributed by atoms with Gasteiger partial charge in [-0.2, -0.15) is 0 Å². The maximum Gasteiger partial charge on any atom is 0.327 e. The highest BCUT2D eigenvalue weighted by atomic mass is 31.2. The van der Waals surface area contributed by atoms with Crippen LogP contribution in [0, 0.1) is 17.8 Å². The van der Waals surface area contributed by atoms with Crippen LogP contribution in [0.25, 0.3) is 0 Å². The summed E-state index contributed by atoms with van der Waals surface area (Å²) in [4.78, 5) is 28.6. The van der Waals surface area contributed by atoms with Gasteiger partial charge in [0.05, 0.1) is 30.6 Å². The number of hydrogen-bond donors (Lipinski definition) is 3. The van der Waals surface area contributed by atoms with E-state index in [0.717, 1.165) is 35.3 Å². The van der Waals surface area contributed by atoms with Gasteiger partial charge in [0, 0.05) is 24.2 Å². The van der Waals surface area contributed by atoms with Gasteiger partial charge in [-0.3, -0.25) is 14.5 Å². The van der Waals surface area contributed by atoms with Gasteiger partial charge in [0.25, 0.3) is 0 Å². The van der Waals surface area contributed by atoms with E-state index < -0.39 is 7.60 Å². The van der Waals surface area contributed by atoms with Gasteiger partial charge in [0.1, 0.15) is 5.84 Å². The smallest absolute Gasteiger partial charge is 0.327 e. The van der Waals surface area contributed by atoms with E-state index in [1.807, 2.05) is 6.07 Å². The molecule has 36 heavy (non-hydrogen) atoms. The number of fused-ring (bicyclic) bond motifs is 5. The number of rotatable bonds is 5. The molecule has 0 amide bonds. The van der Waals surface area contributed by atoms with Crippen molar-refractivity contribution >= 4 is 24.8 Å². The van der Waals surface area contributed by atoms with E-state index in [1.54, 1.807) is 0 Å². The van der Waals surface area contributed by atoms with Crippen LogP contribution in [-0.4, -0.2) is 63.9 Å². The zero-order chi connectivity index (χ0) is 24.9. The number of nitrogens with zero attached hydrogens (tertiary/aromatic N) is 3. The second-order valence-corrected chi connectivity index (χ2v) is 14.2.